The molecule has 2 amide bonds. The third-order valence-corrected chi connectivity index (χ3v) is 5.00. The van der Waals surface area contributed by atoms with Gasteiger partial charge in [-0.05, 0) is 38.3 Å². The van der Waals surface area contributed by atoms with Crippen molar-refractivity contribution < 1.29 is 9.21 Å². The summed E-state index contributed by atoms with van der Waals surface area (Å²) in [5, 5.41) is 9.84. The van der Waals surface area contributed by atoms with E-state index in [1.807, 2.05) is 32.0 Å². The number of anilines is 2. The van der Waals surface area contributed by atoms with Gasteiger partial charge in [0.15, 0.2) is 5.69 Å². The second-order valence-corrected chi connectivity index (χ2v) is 7.02. The van der Waals surface area contributed by atoms with Gasteiger partial charge in [-0.2, -0.15) is 0 Å². The number of benzene rings is 1. The van der Waals surface area contributed by atoms with E-state index in [0.717, 1.165) is 24.6 Å². The maximum atomic E-state index is 12.5. The third kappa shape index (κ3) is 4.18. The lowest BCUT2D eigenvalue weighted by molar-refractivity contribution is 0.249. The number of amides is 2. The fourth-order valence-electron chi connectivity index (χ4n) is 3.34. The summed E-state index contributed by atoms with van der Waals surface area (Å²) in [4.78, 5) is 24.8. The largest absolute Gasteiger partial charge is 0.421 e. The zero-order valence-corrected chi connectivity index (χ0v) is 15.4. The van der Waals surface area contributed by atoms with Crippen LogP contribution in [-0.2, 0) is 0 Å². The molecule has 1 aromatic carbocycles. The lowest BCUT2D eigenvalue weighted by Crippen LogP contribution is -2.37. The number of para-hydroxylation sites is 1. The molecule has 3 rings (SSSR count). The molecule has 0 bridgehead atoms. The van der Waals surface area contributed by atoms with Crippen molar-refractivity contribution in [2.75, 3.05) is 10.6 Å². The summed E-state index contributed by atoms with van der Waals surface area (Å²) in [6, 6.07) is 7.33. The highest BCUT2D eigenvalue weighted by Crippen LogP contribution is 2.31. The molecule has 2 aromatic rings. The van der Waals surface area contributed by atoms with Crippen molar-refractivity contribution in [3.05, 3.63) is 34.7 Å². The second kappa shape index (κ2) is 8.25. The van der Waals surface area contributed by atoms with Crippen LogP contribution in [0, 0.1) is 0 Å². The van der Waals surface area contributed by atoms with Crippen LogP contribution < -0.4 is 21.6 Å². The number of hydrogen-bond acceptors (Lipinski definition) is 4. The summed E-state index contributed by atoms with van der Waals surface area (Å²) in [6.07, 6.45) is 6.54. The van der Waals surface area contributed by atoms with Crippen LogP contribution in [0.2, 0.25) is 0 Å². The minimum absolute atomic E-state index is 0.0252. The third-order valence-electron chi connectivity index (χ3n) is 5.00. The Kier molecular flexibility index (Phi) is 5.81. The van der Waals surface area contributed by atoms with Gasteiger partial charge in [0.25, 0.3) is 0 Å². The maximum Gasteiger partial charge on any atom is 0.362 e. The van der Waals surface area contributed by atoms with Crippen molar-refractivity contribution in [3.63, 3.8) is 0 Å². The molecule has 1 aromatic heterocycles. The molecule has 1 fully saturated rings. The molecule has 1 saturated carbocycles. The van der Waals surface area contributed by atoms with E-state index in [-0.39, 0.29) is 11.7 Å². The van der Waals surface area contributed by atoms with Gasteiger partial charge in [0.1, 0.15) is 5.58 Å². The normalized spacial score (nSPS) is 16.2. The van der Waals surface area contributed by atoms with Gasteiger partial charge in [-0.1, -0.05) is 38.3 Å². The smallest absolute Gasteiger partial charge is 0.362 e. The molecule has 140 valence electrons. The predicted octanol–water partition coefficient (Wildman–Crippen LogP) is 4.46. The highest BCUT2D eigenvalue weighted by Gasteiger charge is 2.21. The van der Waals surface area contributed by atoms with E-state index < -0.39 is 11.7 Å². The Morgan fingerprint density at radius 3 is 2.65 bits per heavy atom. The number of carbonyl (C=O) groups is 1. The minimum Gasteiger partial charge on any atom is -0.421 e. The first kappa shape index (κ1) is 18.3. The predicted molar refractivity (Wildman–Crippen MR) is 105 cm³/mol. The quantitative estimate of drug-likeness (QED) is 0.690. The molecule has 3 N–H and O–H groups in total. The van der Waals surface area contributed by atoms with Gasteiger partial charge in [0, 0.05) is 17.5 Å². The van der Waals surface area contributed by atoms with E-state index in [0.29, 0.717) is 17.3 Å². The minimum atomic E-state index is -0.540. The lowest BCUT2D eigenvalue weighted by atomic mass is 9.95. The number of urea groups is 1. The van der Waals surface area contributed by atoms with E-state index in [1.54, 1.807) is 6.07 Å². The lowest BCUT2D eigenvalue weighted by Gasteiger charge is -2.25. The second-order valence-electron chi connectivity index (χ2n) is 7.02. The Morgan fingerprint density at radius 2 is 1.92 bits per heavy atom. The summed E-state index contributed by atoms with van der Waals surface area (Å²) in [5.74, 6) is 0. The first-order chi connectivity index (χ1) is 12.6. The molecule has 6 nitrogen and oxygen atoms in total. The van der Waals surface area contributed by atoms with Crippen LogP contribution in [0.1, 0.15) is 52.4 Å². The molecule has 0 spiro atoms. The number of nitrogens with one attached hydrogen (secondary N) is 3. The van der Waals surface area contributed by atoms with Crippen molar-refractivity contribution in [2.24, 2.45) is 0 Å². The van der Waals surface area contributed by atoms with E-state index >= 15 is 0 Å². The highest BCUT2D eigenvalue weighted by atomic mass is 16.4. The van der Waals surface area contributed by atoms with Gasteiger partial charge in [-0.3, -0.25) is 5.32 Å². The van der Waals surface area contributed by atoms with Crippen LogP contribution >= 0.6 is 0 Å². The molecular weight excluding hydrogens is 330 g/mol. The summed E-state index contributed by atoms with van der Waals surface area (Å²) in [5.41, 5.74) is 0.808. The van der Waals surface area contributed by atoms with Gasteiger partial charge >= 0.3 is 11.7 Å². The van der Waals surface area contributed by atoms with Crippen molar-refractivity contribution >= 4 is 28.4 Å². The van der Waals surface area contributed by atoms with Gasteiger partial charge in [0.05, 0.1) is 5.69 Å². The van der Waals surface area contributed by atoms with Crippen LogP contribution in [0.25, 0.3) is 11.0 Å². The zero-order chi connectivity index (χ0) is 18.5. The molecule has 26 heavy (non-hydrogen) atoms. The number of rotatable bonds is 5. The molecule has 1 atom stereocenters. The van der Waals surface area contributed by atoms with E-state index in [1.165, 1.54) is 19.3 Å². The summed E-state index contributed by atoms with van der Waals surface area (Å²) in [6.45, 7) is 3.91. The first-order valence-electron chi connectivity index (χ1n) is 9.48. The van der Waals surface area contributed by atoms with Crippen LogP contribution in [0.4, 0.5) is 16.2 Å². The molecule has 1 heterocycles. The van der Waals surface area contributed by atoms with Crippen LogP contribution in [0.3, 0.4) is 0 Å². The van der Waals surface area contributed by atoms with E-state index in [4.69, 9.17) is 4.42 Å². The molecule has 0 saturated heterocycles. The summed E-state index contributed by atoms with van der Waals surface area (Å²) < 4.78 is 5.42. The van der Waals surface area contributed by atoms with Gasteiger partial charge in [-0.15, -0.1) is 0 Å². The zero-order valence-electron chi connectivity index (χ0n) is 15.4. The van der Waals surface area contributed by atoms with Crippen LogP contribution in [0.5, 0.6) is 0 Å². The molecule has 1 aliphatic carbocycles. The standard InChI is InChI=1S/C20H27N3O3/c1-3-13(2)21-20(25)23-18-17(22-14-9-5-4-6-10-14)15-11-7-8-12-16(15)26-19(18)24/h7-8,11-14,22H,3-6,9-10H2,1-2H3,(H2,21,23,25). The average Bonchev–Trinajstić information content (AvgIpc) is 2.65. The van der Waals surface area contributed by atoms with Crippen molar-refractivity contribution in [3.8, 4) is 0 Å². The molecular formula is C20H27N3O3. The molecule has 1 aliphatic rings. The topological polar surface area (TPSA) is 83.4 Å². The van der Waals surface area contributed by atoms with Crippen LogP contribution in [0.15, 0.2) is 33.5 Å². The average molecular weight is 357 g/mol. The van der Waals surface area contributed by atoms with Gasteiger partial charge < -0.3 is 15.1 Å². The van der Waals surface area contributed by atoms with E-state index in [2.05, 4.69) is 16.0 Å². The summed E-state index contributed by atoms with van der Waals surface area (Å²) in [7, 11) is 0. The fourth-order valence-corrected chi connectivity index (χ4v) is 3.34. The number of hydrogen-bond donors (Lipinski definition) is 3. The molecule has 0 aliphatic heterocycles. The Hall–Kier alpha value is -2.50. The van der Waals surface area contributed by atoms with Crippen molar-refractivity contribution in [2.45, 2.75) is 64.5 Å². The molecule has 1 unspecified atom stereocenters. The fraction of sp³-hybridized carbons (Fsp3) is 0.500. The van der Waals surface area contributed by atoms with E-state index in [9.17, 15) is 9.59 Å². The molecule has 0 radical (unpaired) electrons. The monoisotopic (exact) mass is 357 g/mol. The van der Waals surface area contributed by atoms with Crippen LogP contribution in [-0.4, -0.2) is 18.1 Å². The SMILES string of the molecule is CCC(C)NC(=O)Nc1c(NC2CCCCC2)c2ccccc2oc1=O. The Labute approximate surface area is 153 Å². The van der Waals surface area contributed by atoms with Crippen molar-refractivity contribution in [1.82, 2.24) is 5.32 Å². The molecule has 6 heteroatoms. The van der Waals surface area contributed by atoms with Gasteiger partial charge in [-0.25, -0.2) is 9.59 Å². The Bertz CT molecular complexity index is 825. The maximum absolute atomic E-state index is 12.5. The first-order valence-corrected chi connectivity index (χ1v) is 9.48. The highest BCUT2D eigenvalue weighted by molar-refractivity contribution is 6.01. The number of carbonyl (C=O) groups excluding carboxylic acids is 1. The number of fused-ring (bicyclic) bond motifs is 1. The Balaban J connectivity index is 1.97. The summed E-state index contributed by atoms with van der Waals surface area (Å²) >= 11 is 0. The Morgan fingerprint density at radius 1 is 1.19 bits per heavy atom. The van der Waals surface area contributed by atoms with Gasteiger partial charge in [0.2, 0.25) is 0 Å². The van der Waals surface area contributed by atoms with Crippen molar-refractivity contribution in [1.29, 1.82) is 0 Å².